The molecule has 0 aliphatic carbocycles. The smallest absolute Gasteiger partial charge is 0.162 e. The second kappa shape index (κ2) is 4.55. The molecular weight excluding hydrogens is 218 g/mol. The highest BCUT2D eigenvalue weighted by Crippen LogP contribution is 2.28. The van der Waals surface area contributed by atoms with Gasteiger partial charge >= 0.3 is 0 Å². The molecule has 5 heteroatoms. The van der Waals surface area contributed by atoms with Crippen LogP contribution < -0.4 is 4.74 Å². The molecule has 1 unspecified atom stereocenters. The monoisotopic (exact) mass is 233 g/mol. The summed E-state index contributed by atoms with van der Waals surface area (Å²) in [6.07, 6.45) is 2.46. The number of ether oxygens (including phenoxy) is 1. The SMILES string of the molecule is COc1cnn(C)c1C(O)c1ccc(C)nc1. The van der Waals surface area contributed by atoms with Crippen molar-refractivity contribution in [2.24, 2.45) is 7.05 Å². The molecule has 0 radical (unpaired) electrons. The summed E-state index contributed by atoms with van der Waals surface area (Å²) in [5.74, 6) is 0.570. The van der Waals surface area contributed by atoms with Crippen molar-refractivity contribution in [2.45, 2.75) is 13.0 Å². The second-order valence-corrected chi connectivity index (χ2v) is 3.86. The number of aliphatic hydroxyl groups excluding tert-OH is 1. The van der Waals surface area contributed by atoms with Gasteiger partial charge in [-0.1, -0.05) is 6.07 Å². The van der Waals surface area contributed by atoms with Gasteiger partial charge < -0.3 is 9.84 Å². The van der Waals surface area contributed by atoms with Crippen LogP contribution in [0.5, 0.6) is 5.75 Å². The van der Waals surface area contributed by atoms with E-state index in [9.17, 15) is 5.11 Å². The van der Waals surface area contributed by atoms with Crippen LogP contribution in [0.4, 0.5) is 0 Å². The van der Waals surface area contributed by atoms with Crippen LogP contribution in [0.1, 0.15) is 23.1 Å². The molecular formula is C12H15N3O2. The van der Waals surface area contributed by atoms with Crippen molar-refractivity contribution < 1.29 is 9.84 Å². The summed E-state index contributed by atoms with van der Waals surface area (Å²) < 4.78 is 6.77. The van der Waals surface area contributed by atoms with E-state index in [0.29, 0.717) is 11.4 Å². The van der Waals surface area contributed by atoms with Crippen LogP contribution in [0.3, 0.4) is 0 Å². The van der Waals surface area contributed by atoms with Crippen LogP contribution in [0.25, 0.3) is 0 Å². The Morgan fingerprint density at radius 2 is 2.12 bits per heavy atom. The Hall–Kier alpha value is -1.88. The van der Waals surface area contributed by atoms with Crippen LogP contribution >= 0.6 is 0 Å². The standard InChI is InChI=1S/C12H15N3O2/c1-8-4-5-9(6-13-8)12(16)11-10(17-3)7-14-15(11)2/h4-7,12,16H,1-3H3. The first-order chi connectivity index (χ1) is 8.13. The van der Waals surface area contributed by atoms with Gasteiger partial charge in [0.1, 0.15) is 11.8 Å². The lowest BCUT2D eigenvalue weighted by atomic mass is 10.1. The number of hydrogen-bond donors (Lipinski definition) is 1. The minimum Gasteiger partial charge on any atom is -0.493 e. The number of methoxy groups -OCH3 is 1. The second-order valence-electron chi connectivity index (χ2n) is 3.86. The zero-order chi connectivity index (χ0) is 12.4. The maximum absolute atomic E-state index is 10.3. The normalized spacial score (nSPS) is 12.5. The first-order valence-corrected chi connectivity index (χ1v) is 5.30. The molecule has 0 saturated carbocycles. The minimum absolute atomic E-state index is 0.570. The lowest BCUT2D eigenvalue weighted by Gasteiger charge is -2.13. The van der Waals surface area contributed by atoms with Gasteiger partial charge in [-0.15, -0.1) is 0 Å². The van der Waals surface area contributed by atoms with E-state index < -0.39 is 6.10 Å². The Bertz CT molecular complexity index is 505. The third-order valence-corrected chi connectivity index (χ3v) is 2.68. The van der Waals surface area contributed by atoms with E-state index in [4.69, 9.17) is 4.74 Å². The van der Waals surface area contributed by atoms with E-state index in [-0.39, 0.29) is 0 Å². The lowest BCUT2D eigenvalue weighted by Crippen LogP contribution is -2.08. The first-order valence-electron chi connectivity index (χ1n) is 5.30. The number of aromatic nitrogens is 3. The molecule has 2 aromatic rings. The Kier molecular flexibility index (Phi) is 3.10. The molecule has 0 fully saturated rings. The predicted octanol–water partition coefficient (Wildman–Crippen LogP) is 1.21. The summed E-state index contributed by atoms with van der Waals surface area (Å²) in [5, 5.41) is 14.3. The summed E-state index contributed by atoms with van der Waals surface area (Å²) in [6, 6.07) is 3.71. The van der Waals surface area contributed by atoms with Gasteiger partial charge in [0.05, 0.1) is 13.3 Å². The Morgan fingerprint density at radius 1 is 1.35 bits per heavy atom. The molecule has 90 valence electrons. The molecule has 2 rings (SSSR count). The maximum Gasteiger partial charge on any atom is 0.162 e. The van der Waals surface area contributed by atoms with Gasteiger partial charge in [-0.05, 0) is 13.0 Å². The minimum atomic E-state index is -0.787. The van der Waals surface area contributed by atoms with Gasteiger partial charge in [-0.2, -0.15) is 5.10 Å². The lowest BCUT2D eigenvalue weighted by molar-refractivity contribution is 0.204. The molecule has 17 heavy (non-hydrogen) atoms. The van der Waals surface area contributed by atoms with Gasteiger partial charge in [-0.3, -0.25) is 9.67 Å². The summed E-state index contributed by atoms with van der Waals surface area (Å²) in [6.45, 7) is 1.90. The van der Waals surface area contributed by atoms with Crippen LogP contribution in [0.15, 0.2) is 24.5 Å². The molecule has 0 saturated heterocycles. The third kappa shape index (κ3) is 2.14. The Labute approximate surface area is 99.7 Å². The van der Waals surface area contributed by atoms with Crippen molar-refractivity contribution in [2.75, 3.05) is 7.11 Å². The van der Waals surface area contributed by atoms with Crippen LogP contribution in [-0.2, 0) is 7.05 Å². The van der Waals surface area contributed by atoms with E-state index in [1.54, 1.807) is 31.2 Å². The first kappa shape index (κ1) is 11.6. The molecule has 0 aliphatic heterocycles. The van der Waals surface area contributed by atoms with Crippen molar-refractivity contribution in [1.29, 1.82) is 0 Å². The largest absolute Gasteiger partial charge is 0.493 e. The van der Waals surface area contributed by atoms with Crippen molar-refractivity contribution in [3.63, 3.8) is 0 Å². The van der Waals surface area contributed by atoms with E-state index in [2.05, 4.69) is 10.1 Å². The highest BCUT2D eigenvalue weighted by atomic mass is 16.5. The third-order valence-electron chi connectivity index (χ3n) is 2.68. The van der Waals surface area contributed by atoms with Gasteiger partial charge in [0, 0.05) is 24.5 Å². The molecule has 0 aromatic carbocycles. The molecule has 0 spiro atoms. The van der Waals surface area contributed by atoms with Crippen LogP contribution in [0, 0.1) is 6.92 Å². The summed E-state index contributed by atoms with van der Waals surface area (Å²) >= 11 is 0. The Morgan fingerprint density at radius 3 is 2.71 bits per heavy atom. The molecule has 1 N–H and O–H groups in total. The fourth-order valence-electron chi connectivity index (χ4n) is 1.69. The number of hydrogen-bond acceptors (Lipinski definition) is 4. The highest BCUT2D eigenvalue weighted by molar-refractivity contribution is 5.33. The van der Waals surface area contributed by atoms with Gasteiger partial charge in [0.2, 0.25) is 0 Å². The fourth-order valence-corrected chi connectivity index (χ4v) is 1.69. The summed E-state index contributed by atoms with van der Waals surface area (Å²) in [7, 11) is 3.32. The number of aryl methyl sites for hydroxylation is 2. The Balaban J connectivity index is 2.39. The number of rotatable bonds is 3. The van der Waals surface area contributed by atoms with Crippen molar-refractivity contribution in [3.8, 4) is 5.75 Å². The zero-order valence-electron chi connectivity index (χ0n) is 10.1. The van der Waals surface area contributed by atoms with Crippen molar-refractivity contribution >= 4 is 0 Å². The van der Waals surface area contributed by atoms with E-state index >= 15 is 0 Å². The van der Waals surface area contributed by atoms with E-state index in [1.807, 2.05) is 19.1 Å². The quantitative estimate of drug-likeness (QED) is 0.865. The maximum atomic E-state index is 10.3. The molecule has 2 heterocycles. The topological polar surface area (TPSA) is 60.2 Å². The summed E-state index contributed by atoms with van der Waals surface area (Å²) in [4.78, 5) is 4.16. The van der Waals surface area contributed by atoms with E-state index in [1.165, 1.54) is 0 Å². The van der Waals surface area contributed by atoms with Gasteiger partial charge in [-0.25, -0.2) is 0 Å². The molecule has 5 nitrogen and oxygen atoms in total. The van der Waals surface area contributed by atoms with Crippen molar-refractivity contribution in [1.82, 2.24) is 14.8 Å². The average Bonchev–Trinajstić information content (AvgIpc) is 2.70. The molecule has 0 bridgehead atoms. The van der Waals surface area contributed by atoms with Gasteiger partial charge in [0.15, 0.2) is 5.75 Å². The molecule has 1 atom stereocenters. The average molecular weight is 233 g/mol. The predicted molar refractivity (Wildman–Crippen MR) is 62.8 cm³/mol. The van der Waals surface area contributed by atoms with Crippen LogP contribution in [0.2, 0.25) is 0 Å². The van der Waals surface area contributed by atoms with Gasteiger partial charge in [0.25, 0.3) is 0 Å². The molecule has 0 amide bonds. The molecule has 2 aromatic heterocycles. The summed E-state index contributed by atoms with van der Waals surface area (Å²) in [5.41, 5.74) is 2.26. The molecule has 0 aliphatic rings. The number of pyridine rings is 1. The fraction of sp³-hybridized carbons (Fsp3) is 0.333. The van der Waals surface area contributed by atoms with Crippen LogP contribution in [-0.4, -0.2) is 27.0 Å². The van der Waals surface area contributed by atoms with E-state index in [0.717, 1.165) is 11.3 Å². The number of nitrogens with zero attached hydrogens (tertiary/aromatic N) is 3. The highest BCUT2D eigenvalue weighted by Gasteiger charge is 2.20. The number of aliphatic hydroxyl groups is 1. The zero-order valence-corrected chi connectivity index (χ0v) is 10.1. The van der Waals surface area contributed by atoms with Crippen molar-refractivity contribution in [3.05, 3.63) is 41.5 Å².